The molecule has 0 bridgehead atoms. The van der Waals surface area contributed by atoms with Crippen LogP contribution >= 0.6 is 11.8 Å². The number of carbonyl (C=O) groups excluding carboxylic acids is 2. The third kappa shape index (κ3) is 4.23. The zero-order chi connectivity index (χ0) is 17.9. The average molecular weight is 350 g/mol. The molecule has 0 aliphatic carbocycles. The van der Waals surface area contributed by atoms with Gasteiger partial charge in [0.25, 0.3) is 0 Å². The molecule has 1 aromatic carbocycles. The normalized spacial score (nSPS) is 15.1. The van der Waals surface area contributed by atoms with Crippen LogP contribution < -0.4 is 16.0 Å². The maximum atomic E-state index is 12.9. The molecule has 0 aromatic heterocycles. The first-order valence-corrected chi connectivity index (χ1v) is 9.63. The standard InChI is InChI=1S/C18H27N3O2S/c1-18(2,3)13-5-6-15-12(11-13)7-9-21(15)16(22)14(8-10-24-4)20-17(19)23/h5-6,11,14H,7-10H2,1-4H3,(H3,19,20,23)/t14-/m1/s1. The zero-order valence-corrected chi connectivity index (χ0v) is 15.7. The van der Waals surface area contributed by atoms with Crippen molar-refractivity contribution in [2.24, 2.45) is 5.73 Å². The quantitative estimate of drug-likeness (QED) is 0.858. The van der Waals surface area contributed by atoms with Crippen LogP contribution in [0.4, 0.5) is 10.5 Å². The van der Waals surface area contributed by atoms with E-state index in [1.54, 1.807) is 16.7 Å². The number of fused-ring (bicyclic) bond motifs is 1. The van der Waals surface area contributed by atoms with E-state index in [0.717, 1.165) is 17.9 Å². The Bertz CT molecular complexity index is 625. The number of rotatable bonds is 5. The van der Waals surface area contributed by atoms with Crippen molar-refractivity contribution in [3.63, 3.8) is 0 Å². The SMILES string of the molecule is CSCC[C@@H](NC(N)=O)C(=O)N1CCc2cc(C(C)(C)C)ccc21. The van der Waals surface area contributed by atoms with Gasteiger partial charge in [-0.1, -0.05) is 32.9 Å². The fourth-order valence-electron chi connectivity index (χ4n) is 2.95. The molecule has 1 heterocycles. The van der Waals surface area contributed by atoms with Gasteiger partial charge in [0, 0.05) is 12.2 Å². The Morgan fingerprint density at radius 1 is 1.38 bits per heavy atom. The molecule has 1 atom stereocenters. The molecule has 1 aliphatic heterocycles. The van der Waals surface area contributed by atoms with Gasteiger partial charge in [-0.2, -0.15) is 11.8 Å². The van der Waals surface area contributed by atoms with Crippen molar-refractivity contribution < 1.29 is 9.59 Å². The van der Waals surface area contributed by atoms with Crippen LogP contribution in [0.15, 0.2) is 18.2 Å². The Hall–Kier alpha value is -1.69. The van der Waals surface area contributed by atoms with E-state index in [4.69, 9.17) is 5.73 Å². The number of nitrogens with two attached hydrogens (primary N) is 1. The number of nitrogens with zero attached hydrogens (tertiary/aromatic N) is 1. The van der Waals surface area contributed by atoms with Crippen LogP contribution in [0.25, 0.3) is 0 Å². The van der Waals surface area contributed by atoms with E-state index < -0.39 is 12.1 Å². The Balaban J connectivity index is 2.22. The maximum Gasteiger partial charge on any atom is 0.312 e. The van der Waals surface area contributed by atoms with Crippen molar-refractivity contribution in [2.75, 3.05) is 23.5 Å². The monoisotopic (exact) mass is 349 g/mol. The summed E-state index contributed by atoms with van der Waals surface area (Å²) in [5.74, 6) is 0.713. The van der Waals surface area contributed by atoms with Gasteiger partial charge in [0.05, 0.1) is 0 Å². The molecule has 2 rings (SSSR count). The number of nitrogens with one attached hydrogen (secondary N) is 1. The second-order valence-electron chi connectivity index (χ2n) is 7.18. The van der Waals surface area contributed by atoms with Gasteiger partial charge in [0.2, 0.25) is 5.91 Å². The number of primary amides is 1. The van der Waals surface area contributed by atoms with Gasteiger partial charge in [-0.3, -0.25) is 4.79 Å². The summed E-state index contributed by atoms with van der Waals surface area (Å²) >= 11 is 1.64. The summed E-state index contributed by atoms with van der Waals surface area (Å²) in [7, 11) is 0. The van der Waals surface area contributed by atoms with E-state index in [1.807, 2.05) is 12.3 Å². The second kappa shape index (κ2) is 7.47. The van der Waals surface area contributed by atoms with Crippen LogP contribution in [0.5, 0.6) is 0 Å². The summed E-state index contributed by atoms with van der Waals surface area (Å²) in [6, 6.07) is 5.08. The van der Waals surface area contributed by atoms with Crippen molar-refractivity contribution in [2.45, 2.75) is 45.1 Å². The predicted octanol–water partition coefficient (Wildman–Crippen LogP) is 2.66. The largest absolute Gasteiger partial charge is 0.352 e. The number of anilines is 1. The molecule has 132 valence electrons. The lowest BCUT2D eigenvalue weighted by Gasteiger charge is -2.25. The van der Waals surface area contributed by atoms with Crippen LogP contribution in [0.1, 0.15) is 38.3 Å². The van der Waals surface area contributed by atoms with Gasteiger partial charge in [0.15, 0.2) is 0 Å². The van der Waals surface area contributed by atoms with Crippen molar-refractivity contribution >= 4 is 29.4 Å². The first kappa shape index (κ1) is 18.6. The minimum absolute atomic E-state index is 0.0786. The van der Waals surface area contributed by atoms with E-state index in [0.29, 0.717) is 13.0 Å². The summed E-state index contributed by atoms with van der Waals surface area (Å²) in [4.78, 5) is 25.9. The molecule has 0 saturated carbocycles. The fourth-order valence-corrected chi connectivity index (χ4v) is 3.42. The number of carbonyl (C=O) groups is 2. The van der Waals surface area contributed by atoms with Crippen molar-refractivity contribution in [3.8, 4) is 0 Å². The molecule has 0 unspecified atom stereocenters. The number of hydrogen-bond acceptors (Lipinski definition) is 3. The summed E-state index contributed by atoms with van der Waals surface area (Å²) < 4.78 is 0. The lowest BCUT2D eigenvalue weighted by Crippen LogP contribution is -2.50. The van der Waals surface area contributed by atoms with Gasteiger partial charge in [-0.15, -0.1) is 0 Å². The Morgan fingerprint density at radius 3 is 2.67 bits per heavy atom. The Labute approximate surface area is 148 Å². The highest BCUT2D eigenvalue weighted by molar-refractivity contribution is 7.98. The topological polar surface area (TPSA) is 75.4 Å². The molecular formula is C18H27N3O2S. The highest BCUT2D eigenvalue weighted by Gasteiger charge is 2.31. The van der Waals surface area contributed by atoms with Crippen molar-refractivity contribution in [1.29, 1.82) is 0 Å². The number of benzene rings is 1. The molecule has 5 nitrogen and oxygen atoms in total. The molecule has 24 heavy (non-hydrogen) atoms. The Morgan fingerprint density at radius 2 is 2.08 bits per heavy atom. The van der Waals surface area contributed by atoms with Gasteiger partial charge in [-0.05, 0) is 47.5 Å². The zero-order valence-electron chi connectivity index (χ0n) is 14.9. The fraction of sp³-hybridized carbons (Fsp3) is 0.556. The highest BCUT2D eigenvalue weighted by atomic mass is 32.2. The molecule has 6 heteroatoms. The molecule has 0 spiro atoms. The van der Waals surface area contributed by atoms with E-state index in [-0.39, 0.29) is 11.3 Å². The number of thioether (sulfide) groups is 1. The average Bonchev–Trinajstić information content (AvgIpc) is 2.92. The van der Waals surface area contributed by atoms with Gasteiger partial charge in [-0.25, -0.2) is 4.79 Å². The van der Waals surface area contributed by atoms with Gasteiger partial charge >= 0.3 is 6.03 Å². The summed E-state index contributed by atoms with van der Waals surface area (Å²) in [6.07, 6.45) is 3.40. The first-order valence-electron chi connectivity index (χ1n) is 8.23. The van der Waals surface area contributed by atoms with E-state index >= 15 is 0 Å². The highest BCUT2D eigenvalue weighted by Crippen LogP contribution is 2.33. The van der Waals surface area contributed by atoms with Crippen molar-refractivity contribution in [1.82, 2.24) is 5.32 Å². The number of urea groups is 1. The smallest absolute Gasteiger partial charge is 0.312 e. The minimum Gasteiger partial charge on any atom is -0.352 e. The molecule has 1 aromatic rings. The second-order valence-corrected chi connectivity index (χ2v) is 8.16. The van der Waals surface area contributed by atoms with Crippen molar-refractivity contribution in [3.05, 3.63) is 29.3 Å². The molecule has 0 radical (unpaired) electrons. The van der Waals surface area contributed by atoms with Gasteiger partial charge < -0.3 is 16.0 Å². The van der Waals surface area contributed by atoms with Crippen LogP contribution in [0, 0.1) is 0 Å². The van der Waals surface area contributed by atoms with Crippen LogP contribution in [-0.4, -0.2) is 36.5 Å². The molecule has 3 amide bonds. The lowest BCUT2D eigenvalue weighted by molar-refractivity contribution is -0.120. The first-order chi connectivity index (χ1) is 11.2. The molecule has 0 fully saturated rings. The van der Waals surface area contributed by atoms with E-state index in [2.05, 4.69) is 38.2 Å². The third-order valence-electron chi connectivity index (χ3n) is 4.33. The molecule has 1 aliphatic rings. The summed E-state index contributed by atoms with van der Waals surface area (Å²) in [6.45, 7) is 7.20. The molecule has 0 saturated heterocycles. The van der Waals surface area contributed by atoms with E-state index in [1.165, 1.54) is 11.1 Å². The lowest BCUT2D eigenvalue weighted by atomic mass is 9.86. The molecule has 3 N–H and O–H groups in total. The third-order valence-corrected chi connectivity index (χ3v) is 4.98. The Kier molecular flexibility index (Phi) is 5.80. The van der Waals surface area contributed by atoms with Gasteiger partial charge in [0.1, 0.15) is 6.04 Å². The molecular weight excluding hydrogens is 322 g/mol. The maximum absolute atomic E-state index is 12.9. The van der Waals surface area contributed by atoms with Crippen LogP contribution in [0.3, 0.4) is 0 Å². The predicted molar refractivity (Wildman–Crippen MR) is 101 cm³/mol. The summed E-state index contributed by atoms with van der Waals surface area (Å²) in [5.41, 5.74) is 8.73. The minimum atomic E-state index is -0.656. The summed E-state index contributed by atoms with van der Waals surface area (Å²) in [5, 5.41) is 2.59. The number of amides is 3. The van der Waals surface area contributed by atoms with E-state index in [9.17, 15) is 9.59 Å². The van der Waals surface area contributed by atoms with Crippen LogP contribution in [0.2, 0.25) is 0 Å². The number of hydrogen-bond donors (Lipinski definition) is 2. The van der Waals surface area contributed by atoms with Crippen LogP contribution in [-0.2, 0) is 16.6 Å².